The van der Waals surface area contributed by atoms with Gasteiger partial charge in [-0.3, -0.25) is 9.35 Å². The van der Waals surface area contributed by atoms with E-state index in [1.807, 2.05) is 0 Å². The number of carbonyl (C=O) groups is 1. The van der Waals surface area contributed by atoms with Crippen LogP contribution in [0.3, 0.4) is 0 Å². The first-order valence-electron chi connectivity index (χ1n) is 13.6. The molecular formula is C28H33F3N2O9S. The van der Waals surface area contributed by atoms with Crippen molar-refractivity contribution >= 4 is 27.1 Å². The molecule has 0 saturated carbocycles. The molecule has 0 unspecified atom stereocenters. The zero-order valence-electron chi connectivity index (χ0n) is 23.2. The van der Waals surface area contributed by atoms with Gasteiger partial charge in [0.1, 0.15) is 11.1 Å². The fourth-order valence-corrected chi connectivity index (χ4v) is 5.54. The molecule has 0 radical (unpaired) electrons. The van der Waals surface area contributed by atoms with E-state index in [9.17, 15) is 31.5 Å². The summed E-state index contributed by atoms with van der Waals surface area (Å²) in [6.07, 6.45) is -1.79. The standard InChI is InChI=1S/C22H27F3N2O6.C6H6O3S/c23-22(24,25)14-32-16-2-1-3-17-18(16)19(26-33-17)31-12-15-4-8-27(9-5-15)13-21(20(28)29)6-10-30-11-7-21;7-10(8,9)6-4-2-1-3-5-6/h1-3,15H,4-14H2,(H,28,29);1-5H,(H,7,8,9). The molecule has 3 heterocycles. The van der Waals surface area contributed by atoms with Crippen molar-refractivity contribution in [3.8, 4) is 11.6 Å². The van der Waals surface area contributed by atoms with Gasteiger partial charge in [-0.25, -0.2) is 0 Å². The van der Waals surface area contributed by atoms with Crippen LogP contribution in [-0.4, -0.2) is 86.3 Å². The molecule has 2 fully saturated rings. The Morgan fingerprint density at radius 2 is 1.72 bits per heavy atom. The summed E-state index contributed by atoms with van der Waals surface area (Å²) in [5.41, 5.74) is -0.469. The third-order valence-electron chi connectivity index (χ3n) is 7.45. The number of halogens is 3. The number of likely N-dealkylation sites (tertiary alicyclic amines) is 1. The van der Waals surface area contributed by atoms with E-state index in [1.165, 1.54) is 24.3 Å². The molecule has 43 heavy (non-hydrogen) atoms. The lowest BCUT2D eigenvalue weighted by Crippen LogP contribution is -2.49. The second-order valence-corrected chi connectivity index (χ2v) is 12.0. The molecule has 5 rings (SSSR count). The predicted octanol–water partition coefficient (Wildman–Crippen LogP) is 4.67. The number of aromatic nitrogens is 1. The van der Waals surface area contributed by atoms with Gasteiger partial charge in [0.25, 0.3) is 16.0 Å². The molecule has 0 amide bonds. The highest BCUT2D eigenvalue weighted by molar-refractivity contribution is 7.85. The smallest absolute Gasteiger partial charge is 0.422 e. The summed E-state index contributed by atoms with van der Waals surface area (Å²) in [6.45, 7) is 1.87. The summed E-state index contributed by atoms with van der Waals surface area (Å²) in [4.78, 5) is 14.0. The van der Waals surface area contributed by atoms with Crippen LogP contribution in [0.25, 0.3) is 11.0 Å². The monoisotopic (exact) mass is 630 g/mol. The molecule has 15 heteroatoms. The Balaban J connectivity index is 0.000000359. The lowest BCUT2D eigenvalue weighted by molar-refractivity contribution is -0.157. The highest BCUT2D eigenvalue weighted by Crippen LogP contribution is 2.36. The van der Waals surface area contributed by atoms with E-state index in [0.717, 1.165) is 25.9 Å². The molecule has 2 aromatic carbocycles. The van der Waals surface area contributed by atoms with Gasteiger partial charge in [-0.05, 0) is 74.1 Å². The van der Waals surface area contributed by atoms with Crippen molar-refractivity contribution in [1.29, 1.82) is 0 Å². The van der Waals surface area contributed by atoms with Crippen molar-refractivity contribution in [1.82, 2.24) is 10.1 Å². The summed E-state index contributed by atoms with van der Waals surface area (Å²) in [5, 5.41) is 13.9. The average molecular weight is 631 g/mol. The summed E-state index contributed by atoms with van der Waals surface area (Å²) >= 11 is 0. The molecule has 0 atom stereocenters. The van der Waals surface area contributed by atoms with Gasteiger partial charge in [-0.2, -0.15) is 21.6 Å². The molecule has 3 aromatic rings. The minimum Gasteiger partial charge on any atom is -0.483 e. The van der Waals surface area contributed by atoms with E-state index < -0.39 is 34.3 Å². The highest BCUT2D eigenvalue weighted by atomic mass is 32.2. The molecule has 0 bridgehead atoms. The van der Waals surface area contributed by atoms with Gasteiger partial charge >= 0.3 is 12.1 Å². The Morgan fingerprint density at radius 1 is 1.05 bits per heavy atom. The van der Waals surface area contributed by atoms with E-state index >= 15 is 0 Å². The van der Waals surface area contributed by atoms with Gasteiger partial charge in [-0.1, -0.05) is 24.3 Å². The van der Waals surface area contributed by atoms with Gasteiger partial charge in [0.2, 0.25) is 0 Å². The van der Waals surface area contributed by atoms with E-state index in [-0.39, 0.29) is 33.4 Å². The number of ether oxygens (including phenoxy) is 3. The summed E-state index contributed by atoms with van der Waals surface area (Å²) < 4.78 is 88.2. The Hall–Kier alpha value is -3.40. The SMILES string of the molecule is O=C(O)C1(CN2CCC(COc3noc4cccc(OCC(F)(F)F)c34)CC2)CCOCC1.O=S(=O)(O)c1ccccc1. The first-order chi connectivity index (χ1) is 20.4. The fraction of sp³-hybridized carbons (Fsp3) is 0.500. The molecule has 2 N–H and O–H groups in total. The number of nitrogens with zero attached hydrogens (tertiary/aromatic N) is 2. The van der Waals surface area contributed by atoms with Crippen LogP contribution in [0.2, 0.25) is 0 Å². The topological polar surface area (TPSA) is 149 Å². The van der Waals surface area contributed by atoms with Gasteiger partial charge in [0.05, 0.1) is 16.9 Å². The van der Waals surface area contributed by atoms with Crippen molar-refractivity contribution in [2.75, 3.05) is 46.1 Å². The maximum Gasteiger partial charge on any atom is 0.422 e. The highest BCUT2D eigenvalue weighted by Gasteiger charge is 2.42. The number of hydrogen-bond donors (Lipinski definition) is 2. The lowest BCUT2D eigenvalue weighted by atomic mass is 9.79. The third-order valence-corrected chi connectivity index (χ3v) is 8.32. The largest absolute Gasteiger partial charge is 0.483 e. The normalized spacial score (nSPS) is 18.0. The van der Waals surface area contributed by atoms with Crippen molar-refractivity contribution in [2.45, 2.75) is 36.8 Å². The Labute approximate surface area is 246 Å². The summed E-state index contributed by atoms with van der Waals surface area (Å²) in [6, 6.07) is 12.0. The molecule has 2 aliphatic heterocycles. The summed E-state index contributed by atoms with van der Waals surface area (Å²) in [7, 11) is -4.00. The molecule has 236 valence electrons. The summed E-state index contributed by atoms with van der Waals surface area (Å²) in [5.74, 6) is -0.437. The van der Waals surface area contributed by atoms with Crippen molar-refractivity contribution in [3.05, 3.63) is 48.5 Å². The molecule has 2 aliphatic rings. The number of rotatable bonds is 9. The van der Waals surface area contributed by atoms with Crippen LogP contribution in [0, 0.1) is 11.3 Å². The van der Waals surface area contributed by atoms with Gasteiger partial charge in [0, 0.05) is 19.8 Å². The molecule has 11 nitrogen and oxygen atoms in total. The number of piperidine rings is 1. The Morgan fingerprint density at radius 3 is 2.30 bits per heavy atom. The molecule has 0 spiro atoms. The van der Waals surface area contributed by atoms with Crippen LogP contribution in [0.15, 0.2) is 57.9 Å². The number of aliphatic carboxylic acids is 1. The zero-order valence-corrected chi connectivity index (χ0v) is 24.0. The fourth-order valence-electron chi connectivity index (χ4n) is 5.04. The lowest BCUT2D eigenvalue weighted by Gasteiger charge is -2.40. The number of benzene rings is 2. The Bertz CT molecular complexity index is 1450. The third kappa shape index (κ3) is 9.05. The number of carboxylic acids is 1. The van der Waals surface area contributed by atoms with E-state index in [4.69, 9.17) is 23.3 Å². The maximum atomic E-state index is 12.6. The van der Waals surface area contributed by atoms with Crippen molar-refractivity contribution in [2.24, 2.45) is 11.3 Å². The average Bonchev–Trinajstić information content (AvgIpc) is 3.40. The molecule has 2 saturated heterocycles. The minimum atomic E-state index is -4.46. The van der Waals surface area contributed by atoms with Gasteiger partial charge in [-0.15, -0.1) is 0 Å². The van der Waals surface area contributed by atoms with Crippen molar-refractivity contribution in [3.63, 3.8) is 0 Å². The Kier molecular flexibility index (Phi) is 10.5. The van der Waals surface area contributed by atoms with Crippen LogP contribution in [0.5, 0.6) is 11.6 Å². The zero-order chi connectivity index (χ0) is 31.1. The first-order valence-corrected chi connectivity index (χ1v) is 15.1. The predicted molar refractivity (Wildman–Crippen MR) is 147 cm³/mol. The number of carboxylic acid groups (broad SMARTS) is 1. The van der Waals surface area contributed by atoms with Crippen LogP contribution in [0.1, 0.15) is 25.7 Å². The van der Waals surface area contributed by atoms with Gasteiger partial charge < -0.3 is 28.7 Å². The quantitative estimate of drug-likeness (QED) is 0.318. The van der Waals surface area contributed by atoms with Crippen LogP contribution >= 0.6 is 0 Å². The van der Waals surface area contributed by atoms with E-state index in [2.05, 4.69) is 10.1 Å². The molecule has 1 aromatic heterocycles. The van der Waals surface area contributed by atoms with Crippen LogP contribution in [-0.2, 0) is 19.6 Å². The second-order valence-electron chi connectivity index (χ2n) is 10.5. The van der Waals surface area contributed by atoms with E-state index in [0.29, 0.717) is 39.2 Å². The van der Waals surface area contributed by atoms with Crippen LogP contribution in [0.4, 0.5) is 13.2 Å². The van der Waals surface area contributed by atoms with E-state index in [1.54, 1.807) is 24.3 Å². The molecule has 0 aliphatic carbocycles. The minimum absolute atomic E-state index is 0.00586. The van der Waals surface area contributed by atoms with Crippen LogP contribution < -0.4 is 9.47 Å². The number of hydrogen-bond acceptors (Lipinski definition) is 9. The first kappa shape index (κ1) is 32.5. The number of alkyl halides is 3. The van der Waals surface area contributed by atoms with Gasteiger partial charge in [0.15, 0.2) is 12.2 Å². The second kappa shape index (κ2) is 13.9. The number of fused-ring (bicyclic) bond motifs is 1. The van der Waals surface area contributed by atoms with Crippen molar-refractivity contribution < 1.29 is 54.8 Å². The molecular weight excluding hydrogens is 597 g/mol. The maximum absolute atomic E-state index is 12.6.